The van der Waals surface area contributed by atoms with E-state index in [0.717, 1.165) is 0 Å². The van der Waals surface area contributed by atoms with Crippen LogP contribution >= 0.6 is 22.9 Å². The summed E-state index contributed by atoms with van der Waals surface area (Å²) in [4.78, 5) is 42.3. The standard InChI is InChI=1S/C17H16ClN3O3S/c1-17(2,3)20(9-22)21-11-7-10(18)8-19-14(11)13(16(21)24)15(23)12-5-4-6-25-12/h4-9,13H,1-3H3. The lowest BCUT2D eigenvalue weighted by Crippen LogP contribution is -2.54. The second kappa shape index (κ2) is 6.24. The van der Waals surface area contributed by atoms with Gasteiger partial charge >= 0.3 is 0 Å². The Labute approximate surface area is 154 Å². The number of hydrogen-bond acceptors (Lipinski definition) is 5. The fourth-order valence-electron chi connectivity index (χ4n) is 2.71. The molecule has 0 aliphatic carbocycles. The highest BCUT2D eigenvalue weighted by atomic mass is 35.5. The maximum absolute atomic E-state index is 13.1. The van der Waals surface area contributed by atoms with Crippen LogP contribution < -0.4 is 5.01 Å². The van der Waals surface area contributed by atoms with Gasteiger partial charge in [-0.05, 0) is 38.3 Å². The lowest BCUT2D eigenvalue weighted by atomic mass is 10.00. The summed E-state index contributed by atoms with van der Waals surface area (Å²) >= 11 is 7.30. The molecule has 0 saturated heterocycles. The van der Waals surface area contributed by atoms with E-state index in [-0.39, 0.29) is 5.78 Å². The first-order valence-corrected chi connectivity index (χ1v) is 8.83. The van der Waals surface area contributed by atoms with Gasteiger partial charge < -0.3 is 0 Å². The van der Waals surface area contributed by atoms with Crippen molar-refractivity contribution in [2.45, 2.75) is 32.2 Å². The zero-order valence-electron chi connectivity index (χ0n) is 13.9. The van der Waals surface area contributed by atoms with Crippen molar-refractivity contribution in [2.75, 3.05) is 5.01 Å². The van der Waals surface area contributed by atoms with Gasteiger partial charge in [0.25, 0.3) is 5.91 Å². The molecule has 2 aromatic heterocycles. The predicted octanol–water partition coefficient (Wildman–Crippen LogP) is 3.28. The number of nitrogens with zero attached hydrogens (tertiary/aromatic N) is 3. The van der Waals surface area contributed by atoms with Crippen LogP contribution in [0.15, 0.2) is 29.8 Å². The Morgan fingerprint density at radius 1 is 1.44 bits per heavy atom. The summed E-state index contributed by atoms with van der Waals surface area (Å²) in [7, 11) is 0. The summed E-state index contributed by atoms with van der Waals surface area (Å²) in [6, 6.07) is 4.96. The molecule has 1 aliphatic heterocycles. The first-order valence-electron chi connectivity index (χ1n) is 7.57. The molecule has 8 heteroatoms. The van der Waals surface area contributed by atoms with Gasteiger partial charge in [0.05, 0.1) is 26.8 Å². The number of carbonyl (C=O) groups is 3. The van der Waals surface area contributed by atoms with Gasteiger partial charge in [0.1, 0.15) is 5.92 Å². The number of aromatic nitrogens is 1. The SMILES string of the molecule is CC(C)(C)N(C=O)N1C(=O)C(C(=O)c2cccs2)c2ncc(Cl)cc21. The molecule has 2 aromatic rings. The number of thiophene rings is 1. The number of halogens is 1. The van der Waals surface area contributed by atoms with Crippen LogP contribution in [0.3, 0.4) is 0 Å². The number of carbonyl (C=O) groups excluding carboxylic acids is 3. The predicted molar refractivity (Wildman–Crippen MR) is 95.8 cm³/mol. The van der Waals surface area contributed by atoms with Crippen LogP contribution in [0.5, 0.6) is 0 Å². The van der Waals surface area contributed by atoms with Gasteiger partial charge in [-0.1, -0.05) is 17.7 Å². The summed E-state index contributed by atoms with van der Waals surface area (Å²) in [6.45, 7) is 5.38. The van der Waals surface area contributed by atoms with Crippen molar-refractivity contribution in [1.29, 1.82) is 0 Å². The zero-order chi connectivity index (χ0) is 18.4. The number of hydrazine groups is 1. The molecule has 25 heavy (non-hydrogen) atoms. The number of pyridine rings is 1. The van der Waals surface area contributed by atoms with Crippen molar-refractivity contribution in [3.05, 3.63) is 45.4 Å². The average Bonchev–Trinajstić information content (AvgIpc) is 3.14. The van der Waals surface area contributed by atoms with Gasteiger partial charge in [0, 0.05) is 6.20 Å². The third kappa shape index (κ3) is 2.94. The lowest BCUT2D eigenvalue weighted by molar-refractivity contribution is -0.132. The normalized spacial score (nSPS) is 16.7. The van der Waals surface area contributed by atoms with Gasteiger partial charge in [-0.15, -0.1) is 11.3 Å². The van der Waals surface area contributed by atoms with Crippen LogP contribution in [0.2, 0.25) is 5.02 Å². The van der Waals surface area contributed by atoms with Crippen molar-refractivity contribution in [1.82, 2.24) is 9.99 Å². The van der Waals surface area contributed by atoms with E-state index >= 15 is 0 Å². The zero-order valence-corrected chi connectivity index (χ0v) is 15.5. The molecular weight excluding hydrogens is 362 g/mol. The third-order valence-electron chi connectivity index (χ3n) is 3.85. The monoisotopic (exact) mass is 377 g/mol. The first kappa shape index (κ1) is 17.6. The molecule has 3 heterocycles. The molecule has 0 N–H and O–H groups in total. The van der Waals surface area contributed by atoms with Crippen molar-refractivity contribution in [3.63, 3.8) is 0 Å². The van der Waals surface area contributed by atoms with Crippen LogP contribution in [-0.2, 0) is 9.59 Å². The molecule has 2 amide bonds. The average molecular weight is 378 g/mol. The molecule has 6 nitrogen and oxygen atoms in total. The van der Waals surface area contributed by atoms with Crippen LogP contribution in [0.25, 0.3) is 0 Å². The molecular formula is C17H16ClN3O3S. The van der Waals surface area contributed by atoms with Crippen molar-refractivity contribution in [2.24, 2.45) is 0 Å². The van der Waals surface area contributed by atoms with Gasteiger partial charge in [-0.2, -0.15) is 0 Å². The molecule has 0 fully saturated rings. The maximum Gasteiger partial charge on any atom is 0.263 e. The number of hydrogen-bond donors (Lipinski definition) is 0. The van der Waals surface area contributed by atoms with E-state index in [2.05, 4.69) is 4.98 Å². The number of ketones is 1. The van der Waals surface area contributed by atoms with Crippen LogP contribution in [0.1, 0.15) is 42.1 Å². The topological polar surface area (TPSA) is 70.6 Å². The summed E-state index contributed by atoms with van der Waals surface area (Å²) in [6.07, 6.45) is 1.97. The van der Waals surface area contributed by atoms with E-state index in [1.54, 1.807) is 44.4 Å². The highest BCUT2D eigenvalue weighted by molar-refractivity contribution is 7.12. The van der Waals surface area contributed by atoms with Crippen LogP contribution in [0.4, 0.5) is 5.69 Å². The summed E-state index contributed by atoms with van der Waals surface area (Å²) in [5.41, 5.74) is -0.00366. The Morgan fingerprint density at radius 2 is 2.16 bits per heavy atom. The number of Topliss-reactive ketones (excluding diaryl/α,β-unsaturated/α-hetero) is 1. The Hall–Kier alpha value is -2.25. The summed E-state index contributed by atoms with van der Waals surface area (Å²) < 4.78 is 0. The minimum absolute atomic E-state index is 0.309. The molecule has 1 unspecified atom stereocenters. The molecule has 0 bridgehead atoms. The molecule has 0 saturated carbocycles. The highest BCUT2D eigenvalue weighted by Gasteiger charge is 2.48. The van der Waals surface area contributed by atoms with Crippen molar-refractivity contribution in [3.8, 4) is 0 Å². The number of anilines is 1. The van der Waals surface area contributed by atoms with Crippen molar-refractivity contribution >= 4 is 46.7 Å². The number of rotatable bonds is 4. The number of fused-ring (bicyclic) bond motifs is 1. The van der Waals surface area contributed by atoms with E-state index in [0.29, 0.717) is 27.7 Å². The minimum Gasteiger partial charge on any atom is -0.292 e. The Morgan fingerprint density at radius 3 is 2.72 bits per heavy atom. The van der Waals surface area contributed by atoms with E-state index in [9.17, 15) is 14.4 Å². The van der Waals surface area contributed by atoms with Gasteiger partial charge in [0.15, 0.2) is 5.78 Å². The fraction of sp³-hybridized carbons (Fsp3) is 0.294. The van der Waals surface area contributed by atoms with Gasteiger partial charge in [-0.3, -0.25) is 19.4 Å². The van der Waals surface area contributed by atoms with Crippen LogP contribution in [-0.4, -0.2) is 33.6 Å². The Balaban J connectivity index is 2.14. The molecule has 0 radical (unpaired) electrons. The largest absolute Gasteiger partial charge is 0.292 e. The Bertz CT molecular complexity index is 845. The smallest absolute Gasteiger partial charge is 0.263 e. The first-order chi connectivity index (χ1) is 11.8. The van der Waals surface area contributed by atoms with E-state index in [1.165, 1.54) is 27.6 Å². The molecule has 3 rings (SSSR count). The number of amides is 2. The maximum atomic E-state index is 13.1. The quantitative estimate of drug-likeness (QED) is 0.465. The lowest BCUT2D eigenvalue weighted by Gasteiger charge is -2.38. The van der Waals surface area contributed by atoms with Gasteiger partial charge in [0.2, 0.25) is 6.41 Å². The third-order valence-corrected chi connectivity index (χ3v) is 4.94. The van der Waals surface area contributed by atoms with E-state index in [4.69, 9.17) is 11.6 Å². The van der Waals surface area contributed by atoms with Gasteiger partial charge in [-0.25, -0.2) is 10.0 Å². The highest BCUT2D eigenvalue weighted by Crippen LogP contribution is 2.41. The summed E-state index contributed by atoms with van der Waals surface area (Å²) in [5, 5.41) is 4.55. The van der Waals surface area contributed by atoms with E-state index in [1.807, 2.05) is 0 Å². The molecule has 1 aliphatic rings. The minimum atomic E-state index is -1.09. The molecule has 130 valence electrons. The summed E-state index contributed by atoms with van der Waals surface area (Å²) in [5.74, 6) is -1.93. The Kier molecular flexibility index (Phi) is 4.38. The van der Waals surface area contributed by atoms with Crippen molar-refractivity contribution < 1.29 is 14.4 Å². The second-order valence-electron chi connectivity index (χ2n) is 6.60. The van der Waals surface area contributed by atoms with E-state index < -0.39 is 17.4 Å². The van der Waals surface area contributed by atoms with Crippen LogP contribution in [0, 0.1) is 0 Å². The second-order valence-corrected chi connectivity index (χ2v) is 7.99. The molecule has 0 aromatic carbocycles. The molecule has 1 atom stereocenters. The fourth-order valence-corrected chi connectivity index (χ4v) is 3.56. The molecule has 0 spiro atoms.